The van der Waals surface area contributed by atoms with Crippen LogP contribution in [-0.4, -0.2) is 23.2 Å². The van der Waals surface area contributed by atoms with Crippen molar-refractivity contribution in [3.8, 4) is 16.5 Å². The Balaban J connectivity index is 1.59. The zero-order chi connectivity index (χ0) is 17.4. The molecule has 1 aromatic carbocycles. The highest BCUT2D eigenvalue weighted by Crippen LogP contribution is 2.40. The summed E-state index contributed by atoms with van der Waals surface area (Å²) in [4.78, 5) is 17.9. The third-order valence-corrected chi connectivity index (χ3v) is 5.50. The lowest BCUT2D eigenvalue weighted by molar-refractivity contribution is 0.102. The molecule has 0 bridgehead atoms. The molecule has 1 aliphatic carbocycles. The normalized spacial score (nSPS) is 13.7. The van der Waals surface area contributed by atoms with Gasteiger partial charge in [-0.2, -0.15) is 4.98 Å². The molecule has 1 aliphatic rings. The predicted molar refractivity (Wildman–Crippen MR) is 98.2 cm³/mol. The number of anilines is 1. The molecule has 1 amide bonds. The average Bonchev–Trinajstić information content (AvgIpc) is 3.17. The SMILES string of the molecule is COc1ccc(Br)c(C(=O)Nc2ccsc2-c2nc(C3CC3)no2)c1. The van der Waals surface area contributed by atoms with Gasteiger partial charge in [-0.05, 0) is 58.4 Å². The van der Waals surface area contributed by atoms with Crippen LogP contribution in [0.15, 0.2) is 38.6 Å². The second-order valence-electron chi connectivity index (χ2n) is 5.70. The first-order valence-corrected chi connectivity index (χ1v) is 9.39. The number of carbonyl (C=O) groups excluding carboxylic acids is 1. The summed E-state index contributed by atoms with van der Waals surface area (Å²) in [5, 5.41) is 8.82. The third-order valence-electron chi connectivity index (χ3n) is 3.91. The Morgan fingerprint density at radius 3 is 3.00 bits per heavy atom. The summed E-state index contributed by atoms with van der Waals surface area (Å²) >= 11 is 4.85. The number of carbonyl (C=O) groups is 1. The maximum absolute atomic E-state index is 12.6. The van der Waals surface area contributed by atoms with Crippen LogP contribution in [-0.2, 0) is 0 Å². The molecule has 1 N–H and O–H groups in total. The molecule has 8 heteroatoms. The number of nitrogens with one attached hydrogen (secondary N) is 1. The van der Waals surface area contributed by atoms with E-state index < -0.39 is 0 Å². The van der Waals surface area contributed by atoms with Crippen molar-refractivity contribution in [3.63, 3.8) is 0 Å². The molecule has 3 aromatic rings. The molecular formula is C17H14BrN3O3S. The monoisotopic (exact) mass is 419 g/mol. The average molecular weight is 420 g/mol. The number of hydrogen-bond acceptors (Lipinski definition) is 6. The number of thiophene rings is 1. The van der Waals surface area contributed by atoms with Crippen molar-refractivity contribution in [1.29, 1.82) is 0 Å². The molecule has 0 saturated heterocycles. The Labute approximate surface area is 156 Å². The number of amides is 1. The van der Waals surface area contributed by atoms with E-state index in [1.165, 1.54) is 11.3 Å². The number of aromatic nitrogens is 2. The molecule has 25 heavy (non-hydrogen) atoms. The van der Waals surface area contributed by atoms with E-state index in [1.807, 2.05) is 11.4 Å². The van der Waals surface area contributed by atoms with Gasteiger partial charge in [0.25, 0.3) is 11.8 Å². The molecular weight excluding hydrogens is 406 g/mol. The molecule has 0 spiro atoms. The fourth-order valence-corrected chi connectivity index (χ4v) is 3.60. The van der Waals surface area contributed by atoms with Gasteiger partial charge in [-0.15, -0.1) is 11.3 Å². The lowest BCUT2D eigenvalue weighted by Gasteiger charge is -2.08. The van der Waals surface area contributed by atoms with Gasteiger partial charge in [-0.1, -0.05) is 5.16 Å². The zero-order valence-electron chi connectivity index (χ0n) is 13.3. The van der Waals surface area contributed by atoms with Crippen molar-refractivity contribution in [2.24, 2.45) is 0 Å². The fraction of sp³-hybridized carbons (Fsp3) is 0.235. The zero-order valence-corrected chi connectivity index (χ0v) is 15.7. The second-order valence-corrected chi connectivity index (χ2v) is 7.47. The van der Waals surface area contributed by atoms with E-state index in [9.17, 15) is 4.79 Å². The van der Waals surface area contributed by atoms with Gasteiger partial charge >= 0.3 is 0 Å². The minimum Gasteiger partial charge on any atom is -0.497 e. The van der Waals surface area contributed by atoms with Gasteiger partial charge in [-0.3, -0.25) is 4.79 Å². The highest BCUT2D eigenvalue weighted by Gasteiger charge is 2.29. The Morgan fingerprint density at radius 1 is 1.40 bits per heavy atom. The van der Waals surface area contributed by atoms with Gasteiger partial charge in [-0.25, -0.2) is 0 Å². The van der Waals surface area contributed by atoms with Crippen molar-refractivity contribution in [3.05, 3.63) is 45.5 Å². The number of nitrogens with zero attached hydrogens (tertiary/aromatic N) is 2. The summed E-state index contributed by atoms with van der Waals surface area (Å²) in [5.41, 5.74) is 1.14. The van der Waals surface area contributed by atoms with Crippen LogP contribution in [0.25, 0.3) is 10.8 Å². The lowest BCUT2D eigenvalue weighted by Crippen LogP contribution is -2.12. The first-order chi connectivity index (χ1) is 12.2. The molecule has 0 radical (unpaired) electrons. The number of rotatable bonds is 5. The number of ether oxygens (including phenoxy) is 1. The minimum atomic E-state index is -0.243. The van der Waals surface area contributed by atoms with Crippen molar-refractivity contribution in [1.82, 2.24) is 10.1 Å². The van der Waals surface area contributed by atoms with Crippen LogP contribution in [0.4, 0.5) is 5.69 Å². The van der Waals surface area contributed by atoms with Crippen molar-refractivity contribution >= 4 is 38.9 Å². The summed E-state index contributed by atoms with van der Waals surface area (Å²) < 4.78 is 11.2. The minimum absolute atomic E-state index is 0.243. The van der Waals surface area contributed by atoms with E-state index in [0.29, 0.717) is 33.3 Å². The molecule has 0 unspecified atom stereocenters. The van der Waals surface area contributed by atoms with Gasteiger partial charge in [0.15, 0.2) is 5.82 Å². The van der Waals surface area contributed by atoms with Gasteiger partial charge in [0.05, 0.1) is 18.4 Å². The third kappa shape index (κ3) is 3.32. The van der Waals surface area contributed by atoms with E-state index in [1.54, 1.807) is 25.3 Å². The molecule has 1 saturated carbocycles. The standard InChI is InChI=1S/C17H14BrN3O3S/c1-23-10-4-5-12(18)11(8-10)16(22)19-13-6-7-25-14(13)17-20-15(21-24-17)9-2-3-9/h4-9H,2-3H2,1H3,(H,19,22). The van der Waals surface area contributed by atoms with E-state index in [4.69, 9.17) is 9.26 Å². The molecule has 2 heterocycles. The van der Waals surface area contributed by atoms with Crippen LogP contribution in [0.5, 0.6) is 5.75 Å². The Morgan fingerprint density at radius 2 is 2.24 bits per heavy atom. The largest absolute Gasteiger partial charge is 0.497 e. The lowest BCUT2D eigenvalue weighted by atomic mass is 10.2. The Kier molecular flexibility index (Phi) is 4.30. The molecule has 2 aromatic heterocycles. The van der Waals surface area contributed by atoms with Crippen LogP contribution in [0, 0.1) is 0 Å². The smallest absolute Gasteiger partial charge is 0.270 e. The van der Waals surface area contributed by atoms with E-state index in [2.05, 4.69) is 31.4 Å². The highest BCUT2D eigenvalue weighted by molar-refractivity contribution is 9.10. The van der Waals surface area contributed by atoms with Gasteiger partial charge in [0, 0.05) is 10.4 Å². The first kappa shape index (κ1) is 16.3. The molecule has 128 valence electrons. The van der Waals surface area contributed by atoms with E-state index in [-0.39, 0.29) is 5.91 Å². The summed E-state index contributed by atoms with van der Waals surface area (Å²) in [6.45, 7) is 0. The Hall–Kier alpha value is -2.19. The van der Waals surface area contributed by atoms with Crippen LogP contribution in [0.2, 0.25) is 0 Å². The maximum atomic E-state index is 12.6. The Bertz CT molecular complexity index is 933. The number of halogens is 1. The van der Waals surface area contributed by atoms with Crippen molar-refractivity contribution < 1.29 is 14.1 Å². The first-order valence-electron chi connectivity index (χ1n) is 7.72. The summed E-state index contributed by atoms with van der Waals surface area (Å²) in [6.07, 6.45) is 2.22. The fourth-order valence-electron chi connectivity index (χ4n) is 2.40. The molecule has 4 rings (SSSR count). The molecule has 6 nitrogen and oxygen atoms in total. The van der Waals surface area contributed by atoms with Crippen molar-refractivity contribution in [2.75, 3.05) is 12.4 Å². The van der Waals surface area contributed by atoms with E-state index in [0.717, 1.165) is 23.5 Å². The summed E-state index contributed by atoms with van der Waals surface area (Å²) in [6, 6.07) is 7.08. The number of methoxy groups -OCH3 is 1. The topological polar surface area (TPSA) is 77.2 Å². The van der Waals surface area contributed by atoms with Gasteiger partial charge in [0.2, 0.25) is 0 Å². The summed E-state index contributed by atoms with van der Waals surface area (Å²) in [7, 11) is 1.56. The van der Waals surface area contributed by atoms with Crippen LogP contribution in [0.1, 0.15) is 34.9 Å². The molecule has 0 atom stereocenters. The molecule has 0 aliphatic heterocycles. The summed E-state index contributed by atoms with van der Waals surface area (Å²) in [5.74, 6) is 1.98. The predicted octanol–water partition coefficient (Wildman–Crippen LogP) is 4.70. The second kappa shape index (κ2) is 6.61. The highest BCUT2D eigenvalue weighted by atomic mass is 79.9. The maximum Gasteiger partial charge on any atom is 0.270 e. The van der Waals surface area contributed by atoms with Crippen molar-refractivity contribution in [2.45, 2.75) is 18.8 Å². The van der Waals surface area contributed by atoms with Crippen LogP contribution >= 0.6 is 27.3 Å². The van der Waals surface area contributed by atoms with Crippen LogP contribution in [0.3, 0.4) is 0 Å². The van der Waals surface area contributed by atoms with Crippen LogP contribution < -0.4 is 10.1 Å². The number of hydrogen-bond donors (Lipinski definition) is 1. The van der Waals surface area contributed by atoms with Gasteiger partial charge in [0.1, 0.15) is 10.6 Å². The quantitative estimate of drug-likeness (QED) is 0.648. The number of benzene rings is 1. The molecule has 1 fully saturated rings. The van der Waals surface area contributed by atoms with E-state index >= 15 is 0 Å². The van der Waals surface area contributed by atoms with Gasteiger partial charge < -0.3 is 14.6 Å².